The number of carbonyl (C=O) groups excluding carboxylic acids is 2. The van der Waals surface area contributed by atoms with E-state index in [9.17, 15) is 9.59 Å². The molecule has 5 nitrogen and oxygen atoms in total. The van der Waals surface area contributed by atoms with E-state index in [1.54, 1.807) is 18.2 Å². The predicted octanol–water partition coefficient (Wildman–Crippen LogP) is 8.89. The molecule has 0 unspecified atom stereocenters. The van der Waals surface area contributed by atoms with Crippen molar-refractivity contribution < 1.29 is 19.1 Å². The van der Waals surface area contributed by atoms with Crippen LogP contribution >= 0.6 is 11.6 Å². The number of hydrogen-bond acceptors (Lipinski definition) is 4. The van der Waals surface area contributed by atoms with Gasteiger partial charge in [0.15, 0.2) is 5.60 Å². The average Bonchev–Trinajstić information content (AvgIpc) is 3.47. The number of amides is 1. The normalized spacial score (nSPS) is 12.2. The SMILES string of the molecule is O=C(COC1c2ccccc2-c2ccccc21)NCc1ccc(C(=O)OC(c2ccccc2)(c2ccccc2)c2ccccc2Cl)cc1. The minimum atomic E-state index is -1.30. The van der Waals surface area contributed by atoms with E-state index in [2.05, 4.69) is 17.4 Å². The maximum atomic E-state index is 13.9. The van der Waals surface area contributed by atoms with Crippen molar-refractivity contribution in [3.63, 3.8) is 0 Å². The first kappa shape index (κ1) is 31.1. The molecule has 0 aromatic heterocycles. The summed E-state index contributed by atoms with van der Waals surface area (Å²) >= 11 is 6.79. The summed E-state index contributed by atoms with van der Waals surface area (Å²) < 4.78 is 12.7. The summed E-state index contributed by atoms with van der Waals surface area (Å²) in [5.74, 6) is -0.737. The molecular formula is C42H32ClNO4. The summed E-state index contributed by atoms with van der Waals surface area (Å²) in [5.41, 5.74) is 6.48. The third kappa shape index (κ3) is 6.02. The number of fused-ring (bicyclic) bond motifs is 3. The topological polar surface area (TPSA) is 64.6 Å². The highest BCUT2D eigenvalue weighted by Gasteiger charge is 2.42. The lowest BCUT2D eigenvalue weighted by Crippen LogP contribution is -2.35. The summed E-state index contributed by atoms with van der Waals surface area (Å²) in [6.45, 7) is 0.202. The molecule has 0 heterocycles. The lowest BCUT2D eigenvalue weighted by atomic mass is 9.80. The van der Waals surface area contributed by atoms with Crippen LogP contribution in [0.2, 0.25) is 5.02 Å². The Balaban J connectivity index is 1.06. The van der Waals surface area contributed by atoms with Crippen LogP contribution in [0.3, 0.4) is 0 Å². The summed E-state index contributed by atoms with van der Waals surface area (Å²) in [4.78, 5) is 26.7. The van der Waals surface area contributed by atoms with Crippen molar-refractivity contribution in [3.8, 4) is 11.1 Å². The molecule has 1 N–H and O–H groups in total. The van der Waals surface area contributed by atoms with Crippen LogP contribution in [0.15, 0.2) is 158 Å². The Hall–Kier alpha value is -5.49. The zero-order valence-electron chi connectivity index (χ0n) is 26.0. The van der Waals surface area contributed by atoms with E-state index in [-0.39, 0.29) is 25.2 Å². The second kappa shape index (κ2) is 13.7. The summed E-state index contributed by atoms with van der Waals surface area (Å²) in [6.07, 6.45) is -0.293. The molecule has 6 heteroatoms. The van der Waals surface area contributed by atoms with Crippen LogP contribution in [-0.2, 0) is 26.4 Å². The van der Waals surface area contributed by atoms with E-state index in [0.29, 0.717) is 16.1 Å². The molecule has 7 rings (SSSR count). The minimum Gasteiger partial charge on any atom is -0.441 e. The minimum absolute atomic E-state index is 0.0825. The van der Waals surface area contributed by atoms with Crippen molar-refractivity contribution in [2.24, 2.45) is 0 Å². The third-order valence-electron chi connectivity index (χ3n) is 8.70. The van der Waals surface area contributed by atoms with Crippen LogP contribution < -0.4 is 5.32 Å². The monoisotopic (exact) mass is 649 g/mol. The molecule has 0 radical (unpaired) electrons. The Bertz CT molecular complexity index is 1980. The maximum Gasteiger partial charge on any atom is 0.339 e. The number of halogens is 1. The molecule has 236 valence electrons. The number of hydrogen-bond donors (Lipinski definition) is 1. The van der Waals surface area contributed by atoms with Gasteiger partial charge >= 0.3 is 5.97 Å². The number of esters is 1. The number of ether oxygens (including phenoxy) is 2. The molecule has 0 aliphatic heterocycles. The Morgan fingerprint density at radius 1 is 0.625 bits per heavy atom. The molecule has 0 bridgehead atoms. The molecule has 1 amide bonds. The standard InChI is InChI=1S/C42H32ClNO4/c43-38-22-12-11-21-37(38)42(31-13-3-1-4-14-31,32-15-5-2-6-16-32)48-41(46)30-25-23-29(24-26-30)27-44-39(45)28-47-40-35-19-9-7-17-33(35)34-18-8-10-20-36(34)40/h1-26,40H,27-28H2,(H,44,45). The molecule has 0 saturated carbocycles. The van der Waals surface area contributed by atoms with Crippen LogP contribution in [0.25, 0.3) is 11.1 Å². The predicted molar refractivity (Wildman–Crippen MR) is 188 cm³/mol. The lowest BCUT2D eigenvalue weighted by Gasteiger charge is -2.36. The molecule has 0 saturated heterocycles. The fourth-order valence-electron chi connectivity index (χ4n) is 6.40. The van der Waals surface area contributed by atoms with Gasteiger partial charge in [-0.2, -0.15) is 0 Å². The average molecular weight is 650 g/mol. The first-order valence-corrected chi connectivity index (χ1v) is 16.2. The van der Waals surface area contributed by atoms with Crippen molar-refractivity contribution >= 4 is 23.5 Å². The van der Waals surface area contributed by atoms with Crippen LogP contribution in [0.5, 0.6) is 0 Å². The summed E-state index contributed by atoms with van der Waals surface area (Å²) in [6, 6.07) is 49.9. The second-order valence-electron chi connectivity index (χ2n) is 11.6. The molecule has 6 aromatic rings. The van der Waals surface area contributed by atoms with Gasteiger partial charge in [-0.15, -0.1) is 0 Å². The van der Waals surface area contributed by atoms with Gasteiger partial charge < -0.3 is 14.8 Å². The first-order valence-electron chi connectivity index (χ1n) is 15.8. The van der Waals surface area contributed by atoms with Crippen LogP contribution in [0, 0.1) is 0 Å². The van der Waals surface area contributed by atoms with Crippen LogP contribution in [-0.4, -0.2) is 18.5 Å². The van der Waals surface area contributed by atoms with Gasteiger partial charge in [-0.05, 0) is 46.0 Å². The van der Waals surface area contributed by atoms with E-state index in [0.717, 1.165) is 38.9 Å². The fraction of sp³-hybridized carbons (Fsp3) is 0.0952. The highest BCUT2D eigenvalue weighted by Crippen LogP contribution is 2.45. The van der Waals surface area contributed by atoms with Gasteiger partial charge in [0.05, 0.1) is 5.56 Å². The van der Waals surface area contributed by atoms with Crippen molar-refractivity contribution in [3.05, 3.63) is 202 Å². The molecule has 0 fully saturated rings. The fourth-order valence-corrected chi connectivity index (χ4v) is 6.67. The number of rotatable bonds is 10. The van der Waals surface area contributed by atoms with E-state index in [4.69, 9.17) is 21.1 Å². The van der Waals surface area contributed by atoms with Crippen molar-refractivity contribution in [1.29, 1.82) is 0 Å². The Labute approximate surface area is 284 Å². The zero-order chi connectivity index (χ0) is 32.9. The van der Waals surface area contributed by atoms with E-state index in [1.807, 2.05) is 127 Å². The van der Waals surface area contributed by atoms with Gasteiger partial charge in [0.1, 0.15) is 12.7 Å². The quantitative estimate of drug-likeness (QED) is 0.119. The zero-order valence-corrected chi connectivity index (χ0v) is 26.8. The van der Waals surface area contributed by atoms with Crippen LogP contribution in [0.1, 0.15) is 49.8 Å². The highest BCUT2D eigenvalue weighted by atomic mass is 35.5. The molecule has 0 spiro atoms. The van der Waals surface area contributed by atoms with Crippen molar-refractivity contribution in [2.75, 3.05) is 6.61 Å². The molecule has 1 aliphatic carbocycles. The second-order valence-corrected chi connectivity index (χ2v) is 12.0. The first-order chi connectivity index (χ1) is 23.5. The summed E-state index contributed by atoms with van der Waals surface area (Å²) in [7, 11) is 0. The molecule has 1 aliphatic rings. The smallest absolute Gasteiger partial charge is 0.339 e. The van der Waals surface area contributed by atoms with Gasteiger partial charge in [0.25, 0.3) is 0 Å². The van der Waals surface area contributed by atoms with E-state index >= 15 is 0 Å². The molecule has 0 atom stereocenters. The lowest BCUT2D eigenvalue weighted by molar-refractivity contribution is -0.127. The largest absolute Gasteiger partial charge is 0.441 e. The summed E-state index contributed by atoms with van der Waals surface area (Å²) in [5, 5.41) is 3.41. The van der Waals surface area contributed by atoms with E-state index < -0.39 is 11.6 Å². The molecule has 6 aromatic carbocycles. The third-order valence-corrected chi connectivity index (χ3v) is 9.03. The number of nitrogens with one attached hydrogen (secondary N) is 1. The Morgan fingerprint density at radius 3 is 1.73 bits per heavy atom. The number of benzene rings is 6. The van der Waals surface area contributed by atoms with Gasteiger partial charge in [0, 0.05) is 28.3 Å². The van der Waals surface area contributed by atoms with Gasteiger partial charge in [0.2, 0.25) is 5.91 Å². The highest BCUT2D eigenvalue weighted by molar-refractivity contribution is 6.31. The van der Waals surface area contributed by atoms with Crippen molar-refractivity contribution in [2.45, 2.75) is 18.2 Å². The number of carbonyl (C=O) groups is 2. The van der Waals surface area contributed by atoms with Gasteiger partial charge in [-0.1, -0.05) is 151 Å². The molecule has 48 heavy (non-hydrogen) atoms. The van der Waals surface area contributed by atoms with Gasteiger partial charge in [-0.3, -0.25) is 4.79 Å². The Morgan fingerprint density at radius 2 is 1.15 bits per heavy atom. The van der Waals surface area contributed by atoms with Gasteiger partial charge in [-0.25, -0.2) is 4.79 Å². The van der Waals surface area contributed by atoms with Crippen LogP contribution in [0.4, 0.5) is 0 Å². The maximum absolute atomic E-state index is 13.9. The Kier molecular flexibility index (Phi) is 8.89. The van der Waals surface area contributed by atoms with Crippen molar-refractivity contribution in [1.82, 2.24) is 5.32 Å². The molecular weight excluding hydrogens is 618 g/mol. The van der Waals surface area contributed by atoms with E-state index in [1.165, 1.54) is 0 Å².